The van der Waals surface area contributed by atoms with Crippen LogP contribution >= 0.6 is 11.6 Å². The Labute approximate surface area is 110 Å². The van der Waals surface area contributed by atoms with E-state index >= 15 is 0 Å². The first-order valence-electron chi connectivity index (χ1n) is 5.91. The zero-order valence-electron chi connectivity index (χ0n) is 9.95. The van der Waals surface area contributed by atoms with Gasteiger partial charge in [-0.2, -0.15) is 0 Å². The van der Waals surface area contributed by atoms with Crippen molar-refractivity contribution in [2.45, 2.75) is 25.8 Å². The number of imidazole rings is 1. The Kier molecular flexibility index (Phi) is 2.74. The molecule has 0 bridgehead atoms. The SMILES string of the molecule is Cc1cn(C2CC2)c(Nc2ccc(F)c(Cl)c2)n1. The van der Waals surface area contributed by atoms with Crippen LogP contribution in [0.5, 0.6) is 0 Å². The van der Waals surface area contributed by atoms with Crippen LogP contribution in [0.25, 0.3) is 0 Å². The van der Waals surface area contributed by atoms with Crippen molar-refractivity contribution in [3.63, 3.8) is 0 Å². The minimum absolute atomic E-state index is 0.112. The molecule has 0 radical (unpaired) electrons. The molecule has 0 spiro atoms. The molecule has 1 heterocycles. The Balaban J connectivity index is 1.89. The fraction of sp³-hybridized carbons (Fsp3) is 0.308. The quantitative estimate of drug-likeness (QED) is 0.907. The van der Waals surface area contributed by atoms with Gasteiger partial charge >= 0.3 is 0 Å². The van der Waals surface area contributed by atoms with Crippen LogP contribution in [0.3, 0.4) is 0 Å². The third-order valence-corrected chi connectivity index (χ3v) is 3.26. The fourth-order valence-electron chi connectivity index (χ4n) is 1.94. The van der Waals surface area contributed by atoms with E-state index in [2.05, 4.69) is 14.9 Å². The van der Waals surface area contributed by atoms with Crippen molar-refractivity contribution in [3.8, 4) is 0 Å². The molecular formula is C13H13ClFN3. The van der Waals surface area contributed by atoms with Crippen molar-refractivity contribution in [3.05, 3.63) is 40.9 Å². The lowest BCUT2D eigenvalue weighted by molar-refractivity contribution is 0.628. The van der Waals surface area contributed by atoms with Crippen molar-refractivity contribution < 1.29 is 4.39 Å². The molecule has 0 unspecified atom stereocenters. The Morgan fingerprint density at radius 1 is 1.44 bits per heavy atom. The summed E-state index contributed by atoms with van der Waals surface area (Å²) in [5.74, 6) is 0.376. The highest BCUT2D eigenvalue weighted by molar-refractivity contribution is 6.31. The summed E-state index contributed by atoms with van der Waals surface area (Å²) in [6, 6.07) is 5.12. The van der Waals surface area contributed by atoms with Crippen LogP contribution in [0, 0.1) is 12.7 Å². The second-order valence-corrected chi connectivity index (χ2v) is 5.01. The highest BCUT2D eigenvalue weighted by Crippen LogP contribution is 2.38. The maximum atomic E-state index is 13.1. The van der Waals surface area contributed by atoms with E-state index in [-0.39, 0.29) is 5.02 Å². The van der Waals surface area contributed by atoms with Crippen molar-refractivity contribution >= 4 is 23.2 Å². The predicted octanol–water partition coefficient (Wildman–Crippen LogP) is 4.06. The number of nitrogens with one attached hydrogen (secondary N) is 1. The third kappa shape index (κ3) is 2.20. The van der Waals surface area contributed by atoms with E-state index < -0.39 is 5.82 Å². The van der Waals surface area contributed by atoms with Gasteiger partial charge in [0.05, 0.1) is 10.7 Å². The summed E-state index contributed by atoms with van der Waals surface area (Å²) in [4.78, 5) is 4.43. The standard InChI is InChI=1S/C13H13ClFN3/c1-8-7-18(10-3-4-10)13(16-8)17-9-2-5-12(15)11(14)6-9/h2,5-7,10H,3-4H2,1H3,(H,16,17). The molecule has 0 atom stereocenters. The molecule has 0 aliphatic heterocycles. The van der Waals surface area contributed by atoms with Crippen molar-refractivity contribution in [1.29, 1.82) is 0 Å². The first-order valence-corrected chi connectivity index (χ1v) is 6.29. The number of nitrogens with zero attached hydrogens (tertiary/aromatic N) is 2. The van der Waals surface area contributed by atoms with Crippen molar-refractivity contribution in [2.24, 2.45) is 0 Å². The summed E-state index contributed by atoms with van der Waals surface area (Å²) < 4.78 is 15.2. The first kappa shape index (κ1) is 11.5. The summed E-state index contributed by atoms with van der Waals surface area (Å²) in [5, 5.41) is 3.30. The molecule has 5 heteroatoms. The molecule has 3 rings (SSSR count). The fourth-order valence-corrected chi connectivity index (χ4v) is 2.12. The molecule has 94 valence electrons. The maximum absolute atomic E-state index is 13.1. The highest BCUT2D eigenvalue weighted by Gasteiger charge is 2.26. The van der Waals surface area contributed by atoms with E-state index in [0.29, 0.717) is 6.04 Å². The van der Waals surface area contributed by atoms with E-state index in [9.17, 15) is 4.39 Å². The summed E-state index contributed by atoms with van der Waals surface area (Å²) in [6.45, 7) is 1.96. The second kappa shape index (κ2) is 4.28. The maximum Gasteiger partial charge on any atom is 0.207 e. The number of aromatic nitrogens is 2. The number of hydrogen-bond acceptors (Lipinski definition) is 2. The minimum Gasteiger partial charge on any atom is -0.326 e. The lowest BCUT2D eigenvalue weighted by Gasteiger charge is -2.09. The van der Waals surface area contributed by atoms with Crippen LogP contribution in [-0.4, -0.2) is 9.55 Å². The normalized spacial score (nSPS) is 14.8. The van der Waals surface area contributed by atoms with Gasteiger partial charge in [0.1, 0.15) is 5.82 Å². The summed E-state index contributed by atoms with van der Waals surface area (Å²) in [7, 11) is 0. The van der Waals surface area contributed by atoms with Crippen LogP contribution in [0.4, 0.5) is 16.0 Å². The van der Waals surface area contributed by atoms with Crippen LogP contribution in [0.2, 0.25) is 5.02 Å². The first-order chi connectivity index (χ1) is 8.63. The molecule has 1 aliphatic carbocycles. The van der Waals surface area contributed by atoms with Gasteiger partial charge in [0, 0.05) is 17.9 Å². The summed E-state index contributed by atoms with van der Waals surface area (Å²) in [6.07, 6.45) is 4.41. The van der Waals surface area contributed by atoms with Gasteiger partial charge in [-0.15, -0.1) is 0 Å². The molecule has 1 saturated carbocycles. The van der Waals surface area contributed by atoms with E-state index in [1.807, 2.05) is 13.1 Å². The number of rotatable bonds is 3. The lowest BCUT2D eigenvalue weighted by Crippen LogP contribution is -2.01. The van der Waals surface area contributed by atoms with Gasteiger partial charge in [0.25, 0.3) is 0 Å². The molecular weight excluding hydrogens is 253 g/mol. The average molecular weight is 266 g/mol. The number of anilines is 2. The van der Waals surface area contributed by atoms with Gasteiger partial charge in [0.15, 0.2) is 0 Å². The van der Waals surface area contributed by atoms with Gasteiger partial charge in [0.2, 0.25) is 5.95 Å². The Bertz CT molecular complexity index is 590. The Morgan fingerprint density at radius 2 is 2.22 bits per heavy atom. The summed E-state index contributed by atoms with van der Waals surface area (Å²) >= 11 is 5.76. The van der Waals surface area contributed by atoms with Gasteiger partial charge in [-0.1, -0.05) is 11.6 Å². The Hall–Kier alpha value is -1.55. The number of halogens is 2. The molecule has 3 nitrogen and oxygen atoms in total. The molecule has 0 saturated heterocycles. The van der Waals surface area contributed by atoms with Gasteiger partial charge in [-0.05, 0) is 38.0 Å². The zero-order chi connectivity index (χ0) is 12.7. The summed E-state index contributed by atoms with van der Waals surface area (Å²) in [5.41, 5.74) is 1.71. The lowest BCUT2D eigenvalue weighted by atomic mass is 10.3. The second-order valence-electron chi connectivity index (χ2n) is 4.60. The number of aryl methyl sites for hydroxylation is 1. The molecule has 0 amide bonds. The van der Waals surface area contributed by atoms with Crippen LogP contribution in [0.15, 0.2) is 24.4 Å². The topological polar surface area (TPSA) is 29.9 Å². The van der Waals surface area contributed by atoms with E-state index in [1.165, 1.54) is 18.9 Å². The third-order valence-electron chi connectivity index (χ3n) is 2.97. The van der Waals surface area contributed by atoms with E-state index in [4.69, 9.17) is 11.6 Å². The molecule has 2 aromatic rings. The monoisotopic (exact) mass is 265 g/mol. The molecule has 1 aromatic carbocycles. The van der Waals surface area contributed by atoms with Crippen molar-refractivity contribution in [1.82, 2.24) is 9.55 Å². The molecule has 1 N–H and O–H groups in total. The molecule has 18 heavy (non-hydrogen) atoms. The molecule has 1 fully saturated rings. The largest absolute Gasteiger partial charge is 0.326 e. The van der Waals surface area contributed by atoms with Gasteiger partial charge < -0.3 is 9.88 Å². The molecule has 1 aliphatic rings. The van der Waals surface area contributed by atoms with Crippen LogP contribution < -0.4 is 5.32 Å². The van der Waals surface area contributed by atoms with Crippen LogP contribution in [0.1, 0.15) is 24.6 Å². The number of benzene rings is 1. The minimum atomic E-state index is -0.413. The Morgan fingerprint density at radius 3 is 2.89 bits per heavy atom. The van der Waals surface area contributed by atoms with Gasteiger partial charge in [-0.3, -0.25) is 0 Å². The van der Waals surface area contributed by atoms with E-state index in [1.54, 1.807) is 12.1 Å². The van der Waals surface area contributed by atoms with E-state index in [0.717, 1.165) is 17.3 Å². The highest BCUT2D eigenvalue weighted by atomic mass is 35.5. The smallest absolute Gasteiger partial charge is 0.207 e. The average Bonchev–Trinajstić information content (AvgIpc) is 3.09. The molecule has 1 aromatic heterocycles. The van der Waals surface area contributed by atoms with Gasteiger partial charge in [-0.25, -0.2) is 9.37 Å². The van der Waals surface area contributed by atoms with Crippen LogP contribution in [-0.2, 0) is 0 Å². The predicted molar refractivity (Wildman–Crippen MR) is 69.9 cm³/mol. The number of hydrogen-bond donors (Lipinski definition) is 1. The zero-order valence-corrected chi connectivity index (χ0v) is 10.7. The van der Waals surface area contributed by atoms with Crippen molar-refractivity contribution in [2.75, 3.05) is 5.32 Å².